The average molecular weight is 1180 g/mol. The molecular formula is C72H118O8S2. The van der Waals surface area contributed by atoms with Crippen molar-refractivity contribution in [2.24, 2.45) is 35.5 Å². The highest BCUT2D eigenvalue weighted by molar-refractivity contribution is 8.76. The van der Waals surface area contributed by atoms with E-state index in [-0.39, 0.29) is 60.4 Å². The third kappa shape index (κ3) is 24.8. The molecule has 0 fully saturated rings. The van der Waals surface area contributed by atoms with Gasteiger partial charge in [0.15, 0.2) is 0 Å². The summed E-state index contributed by atoms with van der Waals surface area (Å²) in [7, 11) is 3.42. The third-order valence-corrected chi connectivity index (χ3v) is 21.4. The van der Waals surface area contributed by atoms with Gasteiger partial charge in [0.2, 0.25) is 0 Å². The molecule has 82 heavy (non-hydrogen) atoms. The minimum Gasteiger partial charge on any atom is -0.487 e. The van der Waals surface area contributed by atoms with Crippen molar-refractivity contribution in [2.75, 3.05) is 11.5 Å². The number of esters is 2. The van der Waals surface area contributed by atoms with E-state index in [1.165, 1.54) is 103 Å². The van der Waals surface area contributed by atoms with Crippen LogP contribution in [-0.2, 0) is 32.0 Å². The van der Waals surface area contributed by atoms with Gasteiger partial charge < -0.3 is 18.9 Å². The lowest BCUT2D eigenvalue weighted by molar-refractivity contribution is -0.136. The number of rotatable bonds is 41. The number of hydrogen-bond acceptors (Lipinski definition) is 10. The Hall–Kier alpha value is -2.98. The summed E-state index contributed by atoms with van der Waals surface area (Å²) >= 11 is 0. The minimum atomic E-state index is -0.372. The smallest absolute Gasteiger partial charge is 0.311 e. The molecule has 2 heterocycles. The van der Waals surface area contributed by atoms with E-state index >= 15 is 0 Å². The lowest BCUT2D eigenvalue weighted by Gasteiger charge is -2.38. The summed E-state index contributed by atoms with van der Waals surface area (Å²) in [4.78, 5) is 51.9. The van der Waals surface area contributed by atoms with Gasteiger partial charge in [-0.3, -0.25) is 19.2 Å². The number of fused-ring (bicyclic) bond motifs is 2. The van der Waals surface area contributed by atoms with Gasteiger partial charge in [-0.15, -0.1) is 0 Å². The van der Waals surface area contributed by atoms with E-state index in [9.17, 15) is 19.2 Å². The standard InChI is InChI=1S/C72H118O8S2/c1-49(2)25-17-27-51(5)29-19-31-53(7)33-21-43-71(15)45-41-63-59(13)67(55(9)57(11)69(63)79-71)77-65(75)39-37-61(73)35-23-47-81-82-48-24-36-62(74)38-40-66(76)78-68-56(10)58(12)70-64(60(68)14)42-46-72(16,80-70)44-22-34-54(8)32-20-30-52(6)28-18-26-50(3)4/h49-54H,17-48H2,1-16H3. The van der Waals surface area contributed by atoms with Crippen LogP contribution in [0, 0.1) is 77.0 Å². The summed E-state index contributed by atoms with van der Waals surface area (Å²) in [6.07, 6.45) is 29.5. The van der Waals surface area contributed by atoms with E-state index < -0.39 is 0 Å². The lowest BCUT2D eigenvalue weighted by Crippen LogP contribution is -2.37. The molecule has 0 saturated carbocycles. The van der Waals surface area contributed by atoms with E-state index in [2.05, 4.69) is 83.1 Å². The molecule has 0 amide bonds. The van der Waals surface area contributed by atoms with Crippen LogP contribution in [-0.4, -0.2) is 46.2 Å². The van der Waals surface area contributed by atoms with Crippen LogP contribution in [0.2, 0.25) is 0 Å². The Morgan fingerprint density at radius 2 is 0.732 bits per heavy atom. The molecule has 6 atom stereocenters. The summed E-state index contributed by atoms with van der Waals surface area (Å²) in [5.74, 6) is 8.93. The highest BCUT2D eigenvalue weighted by Crippen LogP contribution is 2.47. The monoisotopic (exact) mass is 1170 g/mol. The predicted molar refractivity (Wildman–Crippen MR) is 349 cm³/mol. The highest BCUT2D eigenvalue weighted by atomic mass is 33.1. The first-order valence-corrected chi connectivity index (χ1v) is 35.6. The average Bonchev–Trinajstić information content (AvgIpc) is 3.61. The Morgan fingerprint density at radius 1 is 0.415 bits per heavy atom. The van der Waals surface area contributed by atoms with Crippen LogP contribution >= 0.6 is 21.6 Å². The van der Waals surface area contributed by atoms with Gasteiger partial charge in [-0.05, 0) is 188 Å². The van der Waals surface area contributed by atoms with E-state index in [4.69, 9.17) is 18.9 Å². The Morgan fingerprint density at radius 3 is 1.06 bits per heavy atom. The maximum absolute atomic E-state index is 13.1. The number of ketones is 2. The fraction of sp³-hybridized carbons (Fsp3) is 0.778. The fourth-order valence-electron chi connectivity index (χ4n) is 12.7. The molecular weight excluding hydrogens is 1060 g/mol. The Labute approximate surface area is 509 Å². The van der Waals surface area contributed by atoms with Gasteiger partial charge >= 0.3 is 11.9 Å². The zero-order valence-electron chi connectivity index (χ0n) is 55.2. The van der Waals surface area contributed by atoms with Gasteiger partial charge in [0.05, 0.1) is 12.8 Å². The third-order valence-electron chi connectivity index (χ3n) is 18.8. The van der Waals surface area contributed by atoms with Gasteiger partial charge in [0.1, 0.15) is 45.8 Å². The molecule has 2 aromatic rings. The summed E-state index contributed by atoms with van der Waals surface area (Å²) in [5, 5.41) is 0. The van der Waals surface area contributed by atoms with E-state index in [0.29, 0.717) is 24.3 Å². The molecule has 0 aliphatic carbocycles. The van der Waals surface area contributed by atoms with Gasteiger partial charge in [-0.25, -0.2) is 0 Å². The molecule has 4 rings (SSSR count). The molecule has 466 valence electrons. The summed E-state index contributed by atoms with van der Waals surface area (Å²) in [6, 6.07) is 0. The molecule has 2 aliphatic rings. The molecule has 6 unspecified atom stereocenters. The topological polar surface area (TPSA) is 105 Å². The number of carbonyl (C=O) groups excluding carboxylic acids is 4. The SMILES string of the molecule is Cc1c(C)c2c(c(C)c1OC(=O)CCC(=O)CCCSSCCCC(=O)CCC(=O)Oc1c(C)c(C)c3c(c1C)CCC(C)(CCCC(C)CCCC(C)CCCC(C)C)O3)CCC(C)(CCCC(C)CCCC(C)CCCC(C)C)O2. The van der Waals surface area contributed by atoms with Crippen LogP contribution in [0.15, 0.2) is 0 Å². The van der Waals surface area contributed by atoms with Crippen molar-refractivity contribution in [1.29, 1.82) is 0 Å². The predicted octanol–water partition coefficient (Wildman–Crippen LogP) is 20.7. The van der Waals surface area contributed by atoms with Crippen molar-refractivity contribution < 1.29 is 38.1 Å². The van der Waals surface area contributed by atoms with Crippen molar-refractivity contribution in [3.8, 4) is 23.0 Å². The molecule has 0 bridgehead atoms. The van der Waals surface area contributed by atoms with Crippen molar-refractivity contribution in [2.45, 2.75) is 315 Å². The van der Waals surface area contributed by atoms with Crippen LogP contribution in [0.4, 0.5) is 0 Å². The van der Waals surface area contributed by atoms with E-state index in [1.54, 1.807) is 21.6 Å². The van der Waals surface area contributed by atoms with Crippen molar-refractivity contribution in [3.05, 3.63) is 44.5 Å². The second-order valence-corrected chi connectivity index (χ2v) is 30.4. The number of hydrogen-bond donors (Lipinski definition) is 0. The second-order valence-electron chi connectivity index (χ2n) is 27.7. The highest BCUT2D eigenvalue weighted by Gasteiger charge is 2.37. The maximum Gasteiger partial charge on any atom is 0.311 e. The van der Waals surface area contributed by atoms with E-state index in [1.807, 2.05) is 27.7 Å². The summed E-state index contributed by atoms with van der Waals surface area (Å²) in [5.41, 5.74) is 7.72. The first-order valence-electron chi connectivity index (χ1n) is 33.1. The molecule has 0 radical (unpaired) electrons. The van der Waals surface area contributed by atoms with Crippen LogP contribution in [0.1, 0.15) is 294 Å². The molecule has 0 spiro atoms. The van der Waals surface area contributed by atoms with Crippen LogP contribution in [0.3, 0.4) is 0 Å². The second kappa shape index (κ2) is 36.2. The largest absolute Gasteiger partial charge is 0.487 e. The van der Waals surface area contributed by atoms with E-state index in [0.717, 1.165) is 154 Å². The minimum absolute atomic E-state index is 0.0618. The van der Waals surface area contributed by atoms with Crippen LogP contribution in [0.25, 0.3) is 0 Å². The Bertz CT molecular complexity index is 2160. The van der Waals surface area contributed by atoms with Crippen LogP contribution in [0.5, 0.6) is 23.0 Å². The maximum atomic E-state index is 13.1. The molecule has 2 aliphatic heterocycles. The molecule has 10 heteroatoms. The number of Topliss-reactive ketones (excluding diaryl/α,β-unsaturated/α-hetero) is 2. The summed E-state index contributed by atoms with van der Waals surface area (Å²) < 4.78 is 25.7. The van der Waals surface area contributed by atoms with Crippen molar-refractivity contribution in [1.82, 2.24) is 0 Å². The summed E-state index contributed by atoms with van der Waals surface area (Å²) in [6.45, 7) is 35.7. The van der Waals surface area contributed by atoms with Gasteiger partial charge in [0.25, 0.3) is 0 Å². The van der Waals surface area contributed by atoms with Crippen molar-refractivity contribution in [3.63, 3.8) is 0 Å². The lowest BCUT2D eigenvalue weighted by atomic mass is 9.83. The number of carbonyl (C=O) groups is 4. The fourth-order valence-corrected chi connectivity index (χ4v) is 14.8. The zero-order chi connectivity index (χ0) is 60.6. The Kier molecular flexibility index (Phi) is 31.6. The molecule has 0 saturated heterocycles. The van der Waals surface area contributed by atoms with Gasteiger partial charge in [0, 0.05) is 48.3 Å². The van der Waals surface area contributed by atoms with Crippen LogP contribution < -0.4 is 18.9 Å². The number of benzene rings is 2. The molecule has 8 nitrogen and oxygen atoms in total. The first-order chi connectivity index (χ1) is 38.8. The van der Waals surface area contributed by atoms with Crippen molar-refractivity contribution >= 4 is 45.1 Å². The Balaban J connectivity index is 1.06. The number of ether oxygens (including phenoxy) is 4. The quantitative estimate of drug-likeness (QED) is 0.0277. The molecule has 2 aromatic carbocycles. The van der Waals surface area contributed by atoms with Gasteiger partial charge in [-0.1, -0.05) is 167 Å². The first kappa shape index (κ1) is 71.5. The normalized spacial score (nSPS) is 18.3. The molecule has 0 aromatic heterocycles. The molecule has 0 N–H and O–H groups in total. The zero-order valence-corrected chi connectivity index (χ0v) is 56.8. The van der Waals surface area contributed by atoms with Gasteiger partial charge in [-0.2, -0.15) is 0 Å².